The van der Waals surface area contributed by atoms with E-state index in [4.69, 9.17) is 9.47 Å². The summed E-state index contributed by atoms with van der Waals surface area (Å²) >= 11 is 1.31. The minimum absolute atomic E-state index is 0.0146. The van der Waals surface area contributed by atoms with Gasteiger partial charge in [0.2, 0.25) is 5.91 Å². The van der Waals surface area contributed by atoms with Crippen molar-refractivity contribution in [2.45, 2.75) is 12.1 Å². The number of aromatic nitrogens is 2. The first-order chi connectivity index (χ1) is 14.0. The molecule has 0 fully saturated rings. The highest BCUT2D eigenvalue weighted by molar-refractivity contribution is 7.99. The van der Waals surface area contributed by atoms with Crippen LogP contribution in [0.4, 0.5) is 5.69 Å². The average molecular weight is 411 g/mol. The molecule has 0 aliphatic heterocycles. The molecule has 0 unspecified atom stereocenters. The van der Waals surface area contributed by atoms with Gasteiger partial charge < -0.3 is 14.8 Å². The van der Waals surface area contributed by atoms with Gasteiger partial charge in [0.25, 0.3) is 0 Å². The number of anilines is 1. The third kappa shape index (κ3) is 4.97. The van der Waals surface area contributed by atoms with Crippen LogP contribution in [-0.2, 0) is 4.79 Å². The molecule has 0 saturated carbocycles. The molecule has 29 heavy (non-hydrogen) atoms. The zero-order valence-corrected chi connectivity index (χ0v) is 17.2. The van der Waals surface area contributed by atoms with Crippen LogP contribution in [-0.4, -0.2) is 41.2 Å². The lowest BCUT2D eigenvalue weighted by Gasteiger charge is -2.13. The number of nitrogens with zero attached hydrogens (tertiary/aromatic N) is 2. The molecular weight excluding hydrogens is 390 g/mol. The number of thioether (sulfide) groups is 1. The number of carbonyl (C=O) groups is 2. The molecule has 3 rings (SSSR count). The van der Waals surface area contributed by atoms with Crippen LogP contribution in [0.5, 0.6) is 11.5 Å². The zero-order valence-electron chi connectivity index (χ0n) is 16.3. The topological polar surface area (TPSA) is 82.5 Å². The van der Waals surface area contributed by atoms with Gasteiger partial charge in [0, 0.05) is 29.7 Å². The van der Waals surface area contributed by atoms with Crippen LogP contribution in [0.15, 0.2) is 60.0 Å². The number of imidazole rings is 1. The quantitative estimate of drug-likeness (QED) is 0.448. The van der Waals surface area contributed by atoms with Gasteiger partial charge in [-0.25, -0.2) is 4.98 Å². The van der Waals surface area contributed by atoms with Crippen molar-refractivity contribution in [3.63, 3.8) is 0 Å². The Morgan fingerprint density at radius 3 is 2.52 bits per heavy atom. The molecule has 0 atom stereocenters. The van der Waals surface area contributed by atoms with Crippen molar-refractivity contribution >= 4 is 29.1 Å². The van der Waals surface area contributed by atoms with Crippen LogP contribution < -0.4 is 14.8 Å². The second-order valence-corrected chi connectivity index (χ2v) is 7.03. The molecule has 0 aliphatic rings. The molecule has 0 saturated heterocycles. The van der Waals surface area contributed by atoms with E-state index in [1.54, 1.807) is 50.7 Å². The molecule has 1 N–H and O–H groups in total. The Hall–Kier alpha value is -3.26. The second kappa shape index (κ2) is 9.29. The molecule has 0 radical (unpaired) electrons. The summed E-state index contributed by atoms with van der Waals surface area (Å²) in [7, 11) is 3.19. The largest absolute Gasteiger partial charge is 0.497 e. The van der Waals surface area contributed by atoms with E-state index < -0.39 is 0 Å². The van der Waals surface area contributed by atoms with Gasteiger partial charge in [0.15, 0.2) is 10.9 Å². The van der Waals surface area contributed by atoms with E-state index in [0.717, 1.165) is 5.69 Å². The normalized spacial score (nSPS) is 10.4. The SMILES string of the molecule is COc1ccc(-n2ccnc2SCC(=O)Nc2ccc(C(C)=O)cc2)c(OC)c1. The Morgan fingerprint density at radius 2 is 1.86 bits per heavy atom. The summed E-state index contributed by atoms with van der Waals surface area (Å²) in [4.78, 5) is 28.0. The predicted octanol–water partition coefficient (Wildman–Crippen LogP) is 3.82. The van der Waals surface area contributed by atoms with Crippen molar-refractivity contribution in [3.05, 3.63) is 60.4 Å². The fourth-order valence-corrected chi connectivity index (χ4v) is 3.45. The van der Waals surface area contributed by atoms with Crippen molar-refractivity contribution < 1.29 is 19.1 Å². The molecule has 0 bridgehead atoms. The Kier molecular flexibility index (Phi) is 6.56. The van der Waals surface area contributed by atoms with E-state index in [1.165, 1.54) is 18.7 Å². The molecular formula is C21H21N3O4S. The Bertz CT molecular complexity index is 1020. The highest BCUT2D eigenvalue weighted by Crippen LogP contribution is 2.30. The number of benzene rings is 2. The summed E-state index contributed by atoms with van der Waals surface area (Å²) in [5.74, 6) is 1.33. The minimum atomic E-state index is -0.165. The zero-order chi connectivity index (χ0) is 20.8. The number of rotatable bonds is 8. The van der Waals surface area contributed by atoms with Crippen LogP contribution in [0.3, 0.4) is 0 Å². The molecule has 2 aromatic carbocycles. The summed E-state index contributed by atoms with van der Waals surface area (Å²) in [5.41, 5.74) is 2.04. The molecule has 0 aliphatic carbocycles. The maximum absolute atomic E-state index is 12.3. The van der Waals surface area contributed by atoms with E-state index in [-0.39, 0.29) is 17.4 Å². The number of hydrogen-bond donors (Lipinski definition) is 1. The summed E-state index contributed by atoms with van der Waals surface area (Å²) in [6.07, 6.45) is 3.48. The van der Waals surface area contributed by atoms with E-state index in [2.05, 4.69) is 10.3 Å². The molecule has 0 spiro atoms. The number of methoxy groups -OCH3 is 2. The summed E-state index contributed by atoms with van der Waals surface area (Å²) in [5, 5.41) is 3.48. The van der Waals surface area contributed by atoms with Crippen LogP contribution in [0.25, 0.3) is 5.69 Å². The molecule has 1 aromatic heterocycles. The van der Waals surface area contributed by atoms with E-state index in [9.17, 15) is 9.59 Å². The molecule has 8 heteroatoms. The lowest BCUT2D eigenvalue weighted by Crippen LogP contribution is -2.14. The van der Waals surface area contributed by atoms with Crippen LogP contribution in [0, 0.1) is 0 Å². The van der Waals surface area contributed by atoms with Gasteiger partial charge in [-0.2, -0.15) is 0 Å². The van der Waals surface area contributed by atoms with Crippen molar-refractivity contribution in [1.29, 1.82) is 0 Å². The Labute approximate surface area is 173 Å². The third-order valence-corrected chi connectivity index (χ3v) is 5.13. The van der Waals surface area contributed by atoms with Gasteiger partial charge in [0.05, 0.1) is 25.7 Å². The fraction of sp³-hybridized carbons (Fsp3) is 0.190. The number of carbonyl (C=O) groups excluding carboxylic acids is 2. The number of nitrogens with one attached hydrogen (secondary N) is 1. The molecule has 3 aromatic rings. The van der Waals surface area contributed by atoms with E-state index in [0.29, 0.717) is 27.9 Å². The highest BCUT2D eigenvalue weighted by Gasteiger charge is 2.13. The third-order valence-electron chi connectivity index (χ3n) is 4.16. The van der Waals surface area contributed by atoms with Crippen molar-refractivity contribution in [1.82, 2.24) is 9.55 Å². The molecule has 1 amide bonds. The van der Waals surface area contributed by atoms with Crippen molar-refractivity contribution in [2.24, 2.45) is 0 Å². The summed E-state index contributed by atoms with van der Waals surface area (Å²) in [6, 6.07) is 12.3. The molecule has 1 heterocycles. The van der Waals surface area contributed by atoms with Gasteiger partial charge >= 0.3 is 0 Å². The predicted molar refractivity (Wildman–Crippen MR) is 112 cm³/mol. The maximum atomic E-state index is 12.3. The first-order valence-electron chi connectivity index (χ1n) is 8.81. The van der Waals surface area contributed by atoms with Crippen LogP contribution in [0.1, 0.15) is 17.3 Å². The second-order valence-electron chi connectivity index (χ2n) is 6.09. The number of ketones is 1. The lowest BCUT2D eigenvalue weighted by atomic mass is 10.1. The van der Waals surface area contributed by atoms with Crippen molar-refractivity contribution in [3.8, 4) is 17.2 Å². The van der Waals surface area contributed by atoms with Crippen LogP contribution in [0.2, 0.25) is 0 Å². The van der Waals surface area contributed by atoms with Crippen molar-refractivity contribution in [2.75, 3.05) is 25.3 Å². The summed E-state index contributed by atoms with van der Waals surface area (Å²) in [6.45, 7) is 1.50. The highest BCUT2D eigenvalue weighted by atomic mass is 32.2. The Morgan fingerprint density at radius 1 is 1.10 bits per heavy atom. The number of hydrogen-bond acceptors (Lipinski definition) is 6. The standard InChI is InChI=1S/C21H21N3O4S/c1-14(25)15-4-6-16(7-5-15)23-20(26)13-29-21-22-10-11-24(21)18-9-8-17(27-2)12-19(18)28-3/h4-12H,13H2,1-3H3,(H,23,26). The number of amides is 1. The minimum Gasteiger partial charge on any atom is -0.497 e. The first kappa shape index (κ1) is 20.5. The maximum Gasteiger partial charge on any atom is 0.234 e. The Balaban J connectivity index is 1.67. The van der Waals surface area contributed by atoms with Gasteiger partial charge in [0.1, 0.15) is 11.5 Å². The molecule has 150 valence electrons. The van der Waals surface area contributed by atoms with Crippen LogP contribution >= 0.6 is 11.8 Å². The molecule has 7 nitrogen and oxygen atoms in total. The van der Waals surface area contributed by atoms with Gasteiger partial charge in [-0.05, 0) is 43.3 Å². The fourth-order valence-electron chi connectivity index (χ4n) is 2.68. The number of ether oxygens (including phenoxy) is 2. The van der Waals surface area contributed by atoms with Gasteiger partial charge in [-0.1, -0.05) is 11.8 Å². The van der Waals surface area contributed by atoms with E-state index >= 15 is 0 Å². The average Bonchev–Trinajstić information content (AvgIpc) is 3.20. The lowest BCUT2D eigenvalue weighted by molar-refractivity contribution is -0.113. The van der Waals surface area contributed by atoms with E-state index in [1.807, 2.05) is 22.9 Å². The summed E-state index contributed by atoms with van der Waals surface area (Å²) < 4.78 is 12.5. The number of Topliss-reactive ketones (excluding diaryl/α,β-unsaturated/α-hetero) is 1. The van der Waals surface area contributed by atoms with Gasteiger partial charge in [-0.3, -0.25) is 14.2 Å². The smallest absolute Gasteiger partial charge is 0.234 e. The first-order valence-corrected chi connectivity index (χ1v) is 9.79. The van der Waals surface area contributed by atoms with Gasteiger partial charge in [-0.15, -0.1) is 0 Å². The monoisotopic (exact) mass is 411 g/mol.